The largest absolute Gasteiger partial charge is 0.379 e. The second-order valence-electron chi connectivity index (χ2n) is 8.06. The van der Waals surface area contributed by atoms with Crippen LogP contribution in [-0.2, 0) is 14.2 Å². The maximum absolute atomic E-state index is 7.19. The summed E-state index contributed by atoms with van der Waals surface area (Å²) in [6, 6.07) is 0. The van der Waals surface area contributed by atoms with Gasteiger partial charge >= 0.3 is 0 Å². The Hall–Kier alpha value is -0.120. The van der Waals surface area contributed by atoms with Gasteiger partial charge in [0.2, 0.25) is 0 Å². The molecule has 0 aromatic heterocycles. The zero-order chi connectivity index (χ0) is 17.1. The Morgan fingerprint density at radius 1 is 0.739 bits per heavy atom. The van der Waals surface area contributed by atoms with Crippen molar-refractivity contribution in [2.75, 3.05) is 14.2 Å². The molecule has 6 atom stereocenters. The van der Waals surface area contributed by atoms with Crippen LogP contribution in [0, 0.1) is 11.8 Å². The molecular formula is C20H38O3. The summed E-state index contributed by atoms with van der Waals surface area (Å²) in [5, 5.41) is 0. The predicted molar refractivity (Wildman–Crippen MR) is 94.8 cm³/mol. The van der Waals surface area contributed by atoms with E-state index in [1.165, 1.54) is 38.5 Å². The molecule has 2 aliphatic carbocycles. The molecule has 2 rings (SSSR count). The third-order valence-corrected chi connectivity index (χ3v) is 7.04. The van der Waals surface area contributed by atoms with Crippen molar-refractivity contribution in [3.05, 3.63) is 0 Å². The Bertz CT molecular complexity index is 326. The average molecular weight is 327 g/mol. The lowest BCUT2D eigenvalue weighted by molar-refractivity contribution is -0.284. The molecule has 0 spiro atoms. The molecule has 0 amide bonds. The zero-order valence-electron chi connectivity index (χ0n) is 16.2. The Morgan fingerprint density at radius 3 is 1.43 bits per heavy atom. The first-order valence-corrected chi connectivity index (χ1v) is 9.68. The van der Waals surface area contributed by atoms with Gasteiger partial charge in [-0.3, -0.25) is 0 Å². The highest BCUT2D eigenvalue weighted by atomic mass is 16.6. The van der Waals surface area contributed by atoms with E-state index in [1.807, 2.05) is 14.2 Å². The summed E-state index contributed by atoms with van der Waals surface area (Å²) >= 11 is 0. The Balaban J connectivity index is 2.37. The van der Waals surface area contributed by atoms with Crippen molar-refractivity contribution in [1.29, 1.82) is 0 Å². The lowest BCUT2D eigenvalue weighted by atomic mass is 9.69. The van der Waals surface area contributed by atoms with Crippen LogP contribution in [0.2, 0.25) is 0 Å². The maximum Gasteiger partial charge on any atom is 0.0974 e. The van der Waals surface area contributed by atoms with E-state index in [9.17, 15) is 0 Å². The quantitative estimate of drug-likeness (QED) is 0.689. The highest BCUT2D eigenvalue weighted by molar-refractivity contribution is 5.03. The first kappa shape index (κ1) is 19.2. The van der Waals surface area contributed by atoms with E-state index in [0.717, 1.165) is 12.8 Å². The third kappa shape index (κ3) is 3.48. The number of ether oxygens (including phenoxy) is 3. The topological polar surface area (TPSA) is 27.7 Å². The summed E-state index contributed by atoms with van der Waals surface area (Å²) in [7, 11) is 3.65. The molecule has 0 saturated heterocycles. The van der Waals surface area contributed by atoms with Crippen molar-refractivity contribution in [3.63, 3.8) is 0 Å². The summed E-state index contributed by atoms with van der Waals surface area (Å²) < 4.78 is 18.9. The fraction of sp³-hybridized carbons (Fsp3) is 1.00. The molecule has 0 aromatic rings. The molecule has 0 N–H and O–H groups in total. The smallest absolute Gasteiger partial charge is 0.0974 e. The van der Waals surface area contributed by atoms with Gasteiger partial charge in [-0.1, -0.05) is 39.5 Å². The Labute approximate surface area is 143 Å². The molecule has 0 aliphatic heterocycles. The van der Waals surface area contributed by atoms with Crippen molar-refractivity contribution in [3.8, 4) is 0 Å². The average Bonchev–Trinajstić information content (AvgIpc) is 2.57. The molecule has 2 aliphatic rings. The summed E-state index contributed by atoms with van der Waals surface area (Å²) in [4.78, 5) is 0. The first-order chi connectivity index (χ1) is 10.9. The number of hydrogen-bond acceptors (Lipinski definition) is 3. The van der Waals surface area contributed by atoms with Crippen LogP contribution >= 0.6 is 0 Å². The van der Waals surface area contributed by atoms with Gasteiger partial charge in [-0.15, -0.1) is 0 Å². The molecule has 6 unspecified atom stereocenters. The van der Waals surface area contributed by atoms with Crippen LogP contribution in [0.15, 0.2) is 0 Å². The second-order valence-corrected chi connectivity index (χ2v) is 8.06. The van der Waals surface area contributed by atoms with Crippen LogP contribution < -0.4 is 0 Å². The van der Waals surface area contributed by atoms with Gasteiger partial charge in [-0.2, -0.15) is 0 Å². The fourth-order valence-corrected chi connectivity index (χ4v) is 5.11. The third-order valence-electron chi connectivity index (χ3n) is 7.04. The van der Waals surface area contributed by atoms with Crippen LogP contribution in [0.1, 0.15) is 79.1 Å². The minimum absolute atomic E-state index is 0.118. The van der Waals surface area contributed by atoms with E-state index in [0.29, 0.717) is 11.8 Å². The molecule has 3 nitrogen and oxygen atoms in total. The maximum atomic E-state index is 7.19. The van der Waals surface area contributed by atoms with Crippen molar-refractivity contribution >= 4 is 0 Å². The van der Waals surface area contributed by atoms with E-state index in [4.69, 9.17) is 14.2 Å². The van der Waals surface area contributed by atoms with Gasteiger partial charge in [0.05, 0.1) is 23.4 Å². The van der Waals surface area contributed by atoms with Crippen LogP contribution in [-0.4, -0.2) is 37.6 Å². The minimum Gasteiger partial charge on any atom is -0.379 e. The van der Waals surface area contributed by atoms with Gasteiger partial charge in [-0.05, 0) is 51.4 Å². The predicted octanol–water partition coefficient (Wildman–Crippen LogP) is 4.97. The molecule has 2 saturated carbocycles. The molecule has 0 bridgehead atoms. The monoisotopic (exact) mass is 326 g/mol. The van der Waals surface area contributed by atoms with Gasteiger partial charge in [-0.25, -0.2) is 0 Å². The van der Waals surface area contributed by atoms with E-state index in [2.05, 4.69) is 27.7 Å². The van der Waals surface area contributed by atoms with E-state index in [-0.39, 0.29) is 23.4 Å². The molecule has 23 heavy (non-hydrogen) atoms. The van der Waals surface area contributed by atoms with Gasteiger partial charge in [0, 0.05) is 14.2 Å². The van der Waals surface area contributed by atoms with Crippen molar-refractivity contribution in [2.45, 2.75) is 102 Å². The molecule has 0 heterocycles. The van der Waals surface area contributed by atoms with Crippen LogP contribution in [0.25, 0.3) is 0 Å². The van der Waals surface area contributed by atoms with Crippen molar-refractivity contribution < 1.29 is 14.2 Å². The number of rotatable bonds is 6. The van der Waals surface area contributed by atoms with E-state index in [1.54, 1.807) is 0 Å². The molecule has 2 fully saturated rings. The first-order valence-electron chi connectivity index (χ1n) is 9.68. The highest BCUT2D eigenvalue weighted by Gasteiger charge is 2.54. The standard InChI is InChI=1S/C20H38O3/c1-15-11-7-9-13-19(15,17(3)21-5)23-20(18(4)22-6)14-10-8-12-16(20)2/h15-18H,7-14H2,1-6H3. The van der Waals surface area contributed by atoms with Crippen LogP contribution in [0.4, 0.5) is 0 Å². The van der Waals surface area contributed by atoms with Crippen LogP contribution in [0.5, 0.6) is 0 Å². The lowest BCUT2D eigenvalue weighted by Gasteiger charge is -2.56. The SMILES string of the molecule is COC(C)C1(OC2(C(C)OC)CCCCC2C)CCCCC1C. The summed E-state index contributed by atoms with van der Waals surface area (Å²) in [6.07, 6.45) is 10.0. The fourth-order valence-electron chi connectivity index (χ4n) is 5.11. The second kappa shape index (κ2) is 7.84. The molecule has 0 aromatic carbocycles. The Kier molecular flexibility index (Phi) is 6.55. The Morgan fingerprint density at radius 2 is 1.13 bits per heavy atom. The summed E-state index contributed by atoms with van der Waals surface area (Å²) in [5.74, 6) is 1.06. The molecule has 0 radical (unpaired) electrons. The van der Waals surface area contributed by atoms with Gasteiger partial charge in [0.1, 0.15) is 0 Å². The normalized spacial score (nSPS) is 41.5. The van der Waals surface area contributed by atoms with Gasteiger partial charge in [0.25, 0.3) is 0 Å². The van der Waals surface area contributed by atoms with E-state index < -0.39 is 0 Å². The van der Waals surface area contributed by atoms with Crippen molar-refractivity contribution in [1.82, 2.24) is 0 Å². The lowest BCUT2D eigenvalue weighted by Crippen LogP contribution is -2.62. The minimum atomic E-state index is -0.175. The summed E-state index contributed by atoms with van der Waals surface area (Å²) in [6.45, 7) is 9.10. The van der Waals surface area contributed by atoms with Crippen LogP contribution in [0.3, 0.4) is 0 Å². The van der Waals surface area contributed by atoms with Gasteiger partial charge < -0.3 is 14.2 Å². The highest BCUT2D eigenvalue weighted by Crippen LogP contribution is 2.49. The molecule has 3 heteroatoms. The summed E-state index contributed by atoms with van der Waals surface area (Å²) in [5.41, 5.74) is -0.350. The number of hydrogen-bond donors (Lipinski definition) is 0. The molecular weight excluding hydrogens is 288 g/mol. The van der Waals surface area contributed by atoms with Gasteiger partial charge in [0.15, 0.2) is 0 Å². The number of methoxy groups -OCH3 is 2. The molecule has 136 valence electrons. The van der Waals surface area contributed by atoms with Crippen molar-refractivity contribution in [2.24, 2.45) is 11.8 Å². The zero-order valence-corrected chi connectivity index (χ0v) is 16.2. The van der Waals surface area contributed by atoms with E-state index >= 15 is 0 Å².